The van der Waals surface area contributed by atoms with E-state index in [1.54, 1.807) is 6.07 Å². The molecule has 0 fully saturated rings. The molecular formula is C13H11BrFNS. The molecule has 0 saturated carbocycles. The van der Waals surface area contributed by atoms with Gasteiger partial charge >= 0.3 is 0 Å². The van der Waals surface area contributed by atoms with Crippen molar-refractivity contribution in [2.75, 3.05) is 5.73 Å². The number of rotatable bonds is 2. The van der Waals surface area contributed by atoms with Crippen LogP contribution in [0.3, 0.4) is 0 Å². The van der Waals surface area contributed by atoms with Gasteiger partial charge in [0, 0.05) is 20.0 Å². The van der Waals surface area contributed by atoms with E-state index < -0.39 is 0 Å². The maximum Gasteiger partial charge on any atom is 0.124 e. The molecule has 0 aromatic heterocycles. The second kappa shape index (κ2) is 5.10. The van der Waals surface area contributed by atoms with Gasteiger partial charge in [0.25, 0.3) is 0 Å². The molecular weight excluding hydrogens is 301 g/mol. The summed E-state index contributed by atoms with van der Waals surface area (Å²) in [5.74, 6) is -0.224. The van der Waals surface area contributed by atoms with E-state index in [1.165, 1.54) is 23.9 Å². The lowest BCUT2D eigenvalue weighted by Crippen LogP contribution is -1.90. The Kier molecular flexibility index (Phi) is 3.74. The second-order valence-corrected chi connectivity index (χ2v) is 5.67. The zero-order valence-corrected chi connectivity index (χ0v) is 11.6. The van der Waals surface area contributed by atoms with Crippen molar-refractivity contribution in [2.45, 2.75) is 16.7 Å². The highest BCUT2D eigenvalue weighted by molar-refractivity contribution is 9.10. The number of halogens is 2. The Hall–Kier alpha value is -1.00. The molecule has 4 heteroatoms. The maximum absolute atomic E-state index is 13.1. The molecule has 0 radical (unpaired) electrons. The van der Waals surface area contributed by atoms with E-state index in [2.05, 4.69) is 15.9 Å². The van der Waals surface area contributed by atoms with Crippen LogP contribution >= 0.6 is 27.7 Å². The summed E-state index contributed by atoms with van der Waals surface area (Å²) < 4.78 is 14.0. The molecule has 2 aromatic carbocycles. The lowest BCUT2D eigenvalue weighted by atomic mass is 10.2. The molecule has 0 aliphatic rings. The fraction of sp³-hybridized carbons (Fsp3) is 0.0769. The van der Waals surface area contributed by atoms with Crippen molar-refractivity contribution in [1.29, 1.82) is 0 Å². The van der Waals surface area contributed by atoms with Crippen LogP contribution < -0.4 is 5.73 Å². The van der Waals surface area contributed by atoms with Crippen LogP contribution in [0.5, 0.6) is 0 Å². The molecule has 0 unspecified atom stereocenters. The van der Waals surface area contributed by atoms with Gasteiger partial charge in [-0.2, -0.15) is 0 Å². The van der Waals surface area contributed by atoms with Gasteiger partial charge in [0.1, 0.15) is 5.82 Å². The van der Waals surface area contributed by atoms with E-state index >= 15 is 0 Å². The van der Waals surface area contributed by atoms with Crippen molar-refractivity contribution in [3.8, 4) is 0 Å². The number of anilines is 1. The minimum absolute atomic E-state index is 0.224. The molecule has 1 nitrogen and oxygen atoms in total. The van der Waals surface area contributed by atoms with Gasteiger partial charge in [0.2, 0.25) is 0 Å². The van der Waals surface area contributed by atoms with Crippen LogP contribution in [-0.4, -0.2) is 0 Å². The number of hydrogen-bond acceptors (Lipinski definition) is 2. The molecule has 0 saturated heterocycles. The Balaban J connectivity index is 2.33. The molecule has 0 spiro atoms. The highest BCUT2D eigenvalue weighted by Crippen LogP contribution is 2.36. The monoisotopic (exact) mass is 311 g/mol. The maximum atomic E-state index is 13.1. The lowest BCUT2D eigenvalue weighted by molar-refractivity contribution is 0.624. The highest BCUT2D eigenvalue weighted by Gasteiger charge is 2.06. The van der Waals surface area contributed by atoms with Gasteiger partial charge in [-0.1, -0.05) is 17.8 Å². The third-order valence-electron chi connectivity index (χ3n) is 2.34. The van der Waals surface area contributed by atoms with Crippen molar-refractivity contribution in [3.05, 3.63) is 52.3 Å². The number of hydrogen-bond donors (Lipinski definition) is 1. The predicted molar refractivity (Wildman–Crippen MR) is 73.8 cm³/mol. The summed E-state index contributed by atoms with van der Waals surface area (Å²) in [7, 11) is 0. The van der Waals surface area contributed by atoms with Crippen LogP contribution in [0.25, 0.3) is 0 Å². The third-order valence-corrected chi connectivity index (χ3v) is 4.31. The average molecular weight is 312 g/mol. The highest BCUT2D eigenvalue weighted by atomic mass is 79.9. The summed E-state index contributed by atoms with van der Waals surface area (Å²) in [6, 6.07) is 10.4. The number of benzene rings is 2. The first-order chi connectivity index (χ1) is 8.06. The van der Waals surface area contributed by atoms with E-state index in [4.69, 9.17) is 5.73 Å². The van der Waals surface area contributed by atoms with Crippen molar-refractivity contribution in [3.63, 3.8) is 0 Å². The molecule has 0 amide bonds. The summed E-state index contributed by atoms with van der Waals surface area (Å²) in [5, 5.41) is 0. The standard InChI is InChI=1S/C13H11BrFNS/c1-8-5-13(11(14)7-12(8)16)17-10-4-2-3-9(15)6-10/h2-7H,16H2,1H3. The summed E-state index contributed by atoms with van der Waals surface area (Å²) in [5.41, 5.74) is 7.58. The Labute approximate surface area is 112 Å². The van der Waals surface area contributed by atoms with E-state index in [9.17, 15) is 4.39 Å². The van der Waals surface area contributed by atoms with Crippen LogP contribution in [-0.2, 0) is 0 Å². The molecule has 0 heterocycles. The van der Waals surface area contributed by atoms with Crippen molar-refractivity contribution < 1.29 is 4.39 Å². The van der Waals surface area contributed by atoms with Gasteiger partial charge in [-0.15, -0.1) is 0 Å². The van der Waals surface area contributed by atoms with E-state index in [0.29, 0.717) is 0 Å². The Morgan fingerprint density at radius 2 is 2.00 bits per heavy atom. The minimum atomic E-state index is -0.224. The van der Waals surface area contributed by atoms with Gasteiger partial charge in [-0.05, 0) is 58.7 Å². The summed E-state index contributed by atoms with van der Waals surface area (Å²) in [6.07, 6.45) is 0. The van der Waals surface area contributed by atoms with Gasteiger partial charge in [-0.25, -0.2) is 4.39 Å². The van der Waals surface area contributed by atoms with Crippen molar-refractivity contribution in [1.82, 2.24) is 0 Å². The first-order valence-corrected chi connectivity index (χ1v) is 6.66. The van der Waals surface area contributed by atoms with Crippen LogP contribution in [0.4, 0.5) is 10.1 Å². The Morgan fingerprint density at radius 1 is 1.24 bits per heavy atom. The molecule has 88 valence electrons. The number of nitrogen functional groups attached to an aromatic ring is 1. The molecule has 2 N–H and O–H groups in total. The van der Waals surface area contributed by atoms with Gasteiger partial charge in [0.15, 0.2) is 0 Å². The van der Waals surface area contributed by atoms with E-state index in [0.717, 1.165) is 25.5 Å². The molecule has 0 bridgehead atoms. The second-order valence-electron chi connectivity index (χ2n) is 3.70. The van der Waals surface area contributed by atoms with Crippen molar-refractivity contribution >= 4 is 33.4 Å². The minimum Gasteiger partial charge on any atom is -0.398 e. The first kappa shape index (κ1) is 12.5. The van der Waals surface area contributed by atoms with E-state index in [1.807, 2.05) is 25.1 Å². The molecule has 0 aliphatic carbocycles. The topological polar surface area (TPSA) is 26.0 Å². The third kappa shape index (κ3) is 3.01. The SMILES string of the molecule is Cc1cc(Sc2cccc(F)c2)c(Br)cc1N. The van der Waals surface area contributed by atoms with Crippen LogP contribution in [0.15, 0.2) is 50.7 Å². The summed E-state index contributed by atoms with van der Waals surface area (Å²) >= 11 is 4.97. The quantitative estimate of drug-likeness (QED) is 0.818. The van der Waals surface area contributed by atoms with Gasteiger partial charge in [-0.3, -0.25) is 0 Å². The van der Waals surface area contributed by atoms with Crippen LogP contribution in [0.1, 0.15) is 5.56 Å². The molecule has 2 aromatic rings. The first-order valence-electron chi connectivity index (χ1n) is 5.05. The largest absolute Gasteiger partial charge is 0.398 e. The zero-order valence-electron chi connectivity index (χ0n) is 9.21. The Bertz CT molecular complexity index is 557. The fourth-order valence-corrected chi connectivity index (χ4v) is 2.97. The van der Waals surface area contributed by atoms with Crippen molar-refractivity contribution in [2.24, 2.45) is 0 Å². The number of nitrogens with two attached hydrogens (primary N) is 1. The van der Waals surface area contributed by atoms with Gasteiger partial charge < -0.3 is 5.73 Å². The van der Waals surface area contributed by atoms with Gasteiger partial charge in [0.05, 0.1) is 0 Å². The smallest absolute Gasteiger partial charge is 0.124 e. The number of aryl methyl sites for hydroxylation is 1. The fourth-order valence-electron chi connectivity index (χ4n) is 1.41. The predicted octanol–water partition coefficient (Wildman–Crippen LogP) is 4.63. The molecule has 17 heavy (non-hydrogen) atoms. The van der Waals surface area contributed by atoms with Crippen LogP contribution in [0.2, 0.25) is 0 Å². The van der Waals surface area contributed by atoms with Crippen LogP contribution in [0, 0.1) is 12.7 Å². The zero-order chi connectivity index (χ0) is 12.4. The van der Waals surface area contributed by atoms with E-state index in [-0.39, 0.29) is 5.82 Å². The molecule has 2 rings (SSSR count). The molecule has 0 atom stereocenters. The lowest BCUT2D eigenvalue weighted by Gasteiger charge is -2.08. The average Bonchev–Trinajstić information content (AvgIpc) is 2.26. The molecule has 0 aliphatic heterocycles. The Morgan fingerprint density at radius 3 is 2.71 bits per heavy atom. The summed E-state index contributed by atoms with van der Waals surface area (Å²) in [6.45, 7) is 1.96. The normalized spacial score (nSPS) is 10.5. The summed E-state index contributed by atoms with van der Waals surface area (Å²) in [4.78, 5) is 1.90.